The summed E-state index contributed by atoms with van der Waals surface area (Å²) in [7, 11) is 1.57. The zero-order valence-electron chi connectivity index (χ0n) is 10.8. The molecular weight excluding hydrogens is 240 g/mol. The second kappa shape index (κ2) is 4.80. The first-order chi connectivity index (χ1) is 9.29. The summed E-state index contributed by atoms with van der Waals surface area (Å²) in [5, 5.41) is 2.48. The van der Waals surface area contributed by atoms with Crippen molar-refractivity contribution in [3.63, 3.8) is 0 Å². The fourth-order valence-electron chi connectivity index (χ4n) is 2.65. The maximum Gasteiger partial charge on any atom is 0.406 e. The van der Waals surface area contributed by atoms with Gasteiger partial charge in [0.15, 0.2) is 0 Å². The summed E-state index contributed by atoms with van der Waals surface area (Å²) >= 11 is 0. The number of benzene rings is 1. The van der Waals surface area contributed by atoms with Crippen molar-refractivity contribution in [1.82, 2.24) is 9.88 Å². The molecule has 98 valence electrons. The summed E-state index contributed by atoms with van der Waals surface area (Å²) in [4.78, 5) is 11.3. The SMILES string of the molecule is CNC(=O)OCC1c2ccccc2Cc2cccn21. The van der Waals surface area contributed by atoms with Gasteiger partial charge in [-0.1, -0.05) is 24.3 Å². The molecule has 0 bridgehead atoms. The molecule has 1 N–H and O–H groups in total. The van der Waals surface area contributed by atoms with Gasteiger partial charge in [0.2, 0.25) is 0 Å². The van der Waals surface area contributed by atoms with Gasteiger partial charge in [0.05, 0.1) is 6.04 Å². The van der Waals surface area contributed by atoms with Gasteiger partial charge in [-0.15, -0.1) is 0 Å². The molecule has 1 unspecified atom stereocenters. The first kappa shape index (κ1) is 11.8. The molecule has 1 aliphatic rings. The number of carbonyl (C=O) groups is 1. The molecule has 3 rings (SSSR count). The summed E-state index contributed by atoms with van der Waals surface area (Å²) in [6.45, 7) is 0.346. The molecule has 1 amide bonds. The molecule has 0 spiro atoms. The first-order valence-corrected chi connectivity index (χ1v) is 6.37. The van der Waals surface area contributed by atoms with Gasteiger partial charge in [0, 0.05) is 25.4 Å². The highest BCUT2D eigenvalue weighted by Gasteiger charge is 2.25. The Labute approximate surface area is 112 Å². The molecule has 1 aliphatic heterocycles. The van der Waals surface area contributed by atoms with Crippen molar-refractivity contribution in [2.45, 2.75) is 12.5 Å². The van der Waals surface area contributed by atoms with E-state index >= 15 is 0 Å². The summed E-state index contributed by atoms with van der Waals surface area (Å²) in [5.41, 5.74) is 3.79. The minimum atomic E-state index is -0.392. The van der Waals surface area contributed by atoms with Crippen molar-refractivity contribution in [3.8, 4) is 0 Å². The van der Waals surface area contributed by atoms with E-state index in [1.54, 1.807) is 7.05 Å². The lowest BCUT2D eigenvalue weighted by molar-refractivity contribution is 0.135. The number of nitrogens with one attached hydrogen (secondary N) is 1. The Hall–Kier alpha value is -2.23. The van der Waals surface area contributed by atoms with Crippen LogP contribution in [-0.2, 0) is 11.2 Å². The number of alkyl carbamates (subject to hydrolysis) is 1. The van der Waals surface area contributed by atoms with Gasteiger partial charge in [-0.25, -0.2) is 4.79 Å². The number of carbonyl (C=O) groups excluding carboxylic acids is 1. The topological polar surface area (TPSA) is 43.3 Å². The van der Waals surface area contributed by atoms with Gasteiger partial charge in [-0.05, 0) is 23.3 Å². The van der Waals surface area contributed by atoms with Gasteiger partial charge in [0.25, 0.3) is 0 Å². The Balaban J connectivity index is 1.93. The highest BCUT2D eigenvalue weighted by atomic mass is 16.5. The van der Waals surface area contributed by atoms with Crippen molar-refractivity contribution >= 4 is 6.09 Å². The van der Waals surface area contributed by atoms with Gasteiger partial charge in [-0.3, -0.25) is 0 Å². The van der Waals surface area contributed by atoms with Crippen LogP contribution in [0, 0.1) is 0 Å². The summed E-state index contributed by atoms with van der Waals surface area (Å²) in [5.74, 6) is 0. The zero-order valence-corrected chi connectivity index (χ0v) is 10.8. The van der Waals surface area contributed by atoms with Crippen LogP contribution in [0.5, 0.6) is 0 Å². The Morgan fingerprint density at radius 2 is 2.21 bits per heavy atom. The molecule has 0 radical (unpaired) electrons. The first-order valence-electron chi connectivity index (χ1n) is 6.37. The van der Waals surface area contributed by atoms with Crippen LogP contribution in [0.25, 0.3) is 0 Å². The molecule has 19 heavy (non-hydrogen) atoms. The lowest BCUT2D eigenvalue weighted by atomic mass is 9.93. The van der Waals surface area contributed by atoms with Gasteiger partial charge < -0.3 is 14.6 Å². The van der Waals surface area contributed by atoms with Crippen molar-refractivity contribution < 1.29 is 9.53 Å². The monoisotopic (exact) mass is 256 g/mol. The van der Waals surface area contributed by atoms with Crippen LogP contribution >= 0.6 is 0 Å². The third-order valence-corrected chi connectivity index (χ3v) is 3.56. The van der Waals surface area contributed by atoms with E-state index in [2.05, 4.69) is 28.1 Å². The molecule has 4 nitrogen and oxygen atoms in total. The van der Waals surface area contributed by atoms with Crippen LogP contribution in [0.4, 0.5) is 4.79 Å². The Morgan fingerprint density at radius 1 is 1.37 bits per heavy atom. The molecule has 0 aliphatic carbocycles. The van der Waals surface area contributed by atoms with E-state index in [-0.39, 0.29) is 6.04 Å². The number of fused-ring (bicyclic) bond motifs is 2. The molecule has 2 aromatic rings. The fourth-order valence-corrected chi connectivity index (χ4v) is 2.65. The quantitative estimate of drug-likeness (QED) is 0.896. The molecule has 4 heteroatoms. The van der Waals surface area contributed by atoms with Crippen molar-refractivity contribution in [1.29, 1.82) is 0 Å². The standard InChI is InChI=1S/C15H16N2O2/c1-16-15(18)19-10-14-13-7-3-2-5-11(13)9-12-6-4-8-17(12)14/h2-8,14H,9-10H2,1H3,(H,16,18). The number of rotatable bonds is 2. The predicted octanol–water partition coefficient (Wildman–Crippen LogP) is 2.34. The highest BCUT2D eigenvalue weighted by Crippen LogP contribution is 2.31. The number of ether oxygens (including phenoxy) is 1. The molecule has 2 heterocycles. The zero-order chi connectivity index (χ0) is 13.2. The molecule has 0 saturated heterocycles. The van der Waals surface area contributed by atoms with E-state index in [1.807, 2.05) is 24.4 Å². The third-order valence-electron chi connectivity index (χ3n) is 3.56. The normalized spacial score (nSPS) is 16.4. The van der Waals surface area contributed by atoms with Crippen LogP contribution in [0.1, 0.15) is 22.9 Å². The van der Waals surface area contributed by atoms with Crippen LogP contribution < -0.4 is 5.32 Å². The molecule has 1 atom stereocenters. The molecule has 0 fully saturated rings. The minimum absolute atomic E-state index is 0.0623. The van der Waals surface area contributed by atoms with Gasteiger partial charge >= 0.3 is 6.09 Å². The average Bonchev–Trinajstić information content (AvgIpc) is 2.90. The molecule has 1 aromatic heterocycles. The van der Waals surface area contributed by atoms with E-state index in [0.717, 1.165) is 6.42 Å². The van der Waals surface area contributed by atoms with Crippen molar-refractivity contribution in [2.75, 3.05) is 13.7 Å². The summed E-state index contributed by atoms with van der Waals surface area (Å²) < 4.78 is 7.43. The lowest BCUT2D eigenvalue weighted by Crippen LogP contribution is -2.28. The lowest BCUT2D eigenvalue weighted by Gasteiger charge is -2.28. The largest absolute Gasteiger partial charge is 0.447 e. The molecular formula is C15H16N2O2. The Morgan fingerprint density at radius 3 is 3.05 bits per heavy atom. The van der Waals surface area contributed by atoms with E-state index in [1.165, 1.54) is 16.8 Å². The number of nitrogens with zero attached hydrogens (tertiary/aromatic N) is 1. The van der Waals surface area contributed by atoms with E-state index < -0.39 is 6.09 Å². The highest BCUT2D eigenvalue weighted by molar-refractivity contribution is 5.66. The number of amides is 1. The summed E-state index contributed by atoms with van der Waals surface area (Å²) in [6, 6.07) is 12.5. The Bertz CT molecular complexity index is 604. The van der Waals surface area contributed by atoms with Gasteiger partial charge in [-0.2, -0.15) is 0 Å². The van der Waals surface area contributed by atoms with E-state index in [9.17, 15) is 4.79 Å². The second-order valence-corrected chi connectivity index (χ2v) is 4.65. The van der Waals surface area contributed by atoms with Crippen LogP contribution in [-0.4, -0.2) is 24.3 Å². The fraction of sp³-hybridized carbons (Fsp3) is 0.267. The number of aromatic nitrogens is 1. The minimum Gasteiger partial charge on any atom is -0.447 e. The smallest absolute Gasteiger partial charge is 0.406 e. The van der Waals surface area contributed by atoms with Crippen molar-refractivity contribution in [2.24, 2.45) is 0 Å². The van der Waals surface area contributed by atoms with Gasteiger partial charge in [0.1, 0.15) is 6.61 Å². The van der Waals surface area contributed by atoms with Crippen LogP contribution in [0.15, 0.2) is 42.6 Å². The van der Waals surface area contributed by atoms with E-state index in [4.69, 9.17) is 4.74 Å². The molecule has 0 saturated carbocycles. The summed E-state index contributed by atoms with van der Waals surface area (Å²) in [6.07, 6.45) is 2.58. The average molecular weight is 256 g/mol. The maximum absolute atomic E-state index is 11.3. The number of hydrogen-bond donors (Lipinski definition) is 1. The maximum atomic E-state index is 11.3. The predicted molar refractivity (Wildman–Crippen MR) is 72.2 cm³/mol. The van der Waals surface area contributed by atoms with Crippen LogP contribution in [0.3, 0.4) is 0 Å². The molecule has 1 aromatic carbocycles. The van der Waals surface area contributed by atoms with Crippen LogP contribution in [0.2, 0.25) is 0 Å². The third kappa shape index (κ3) is 2.10. The number of hydrogen-bond acceptors (Lipinski definition) is 2. The Kier molecular flexibility index (Phi) is 2.99. The van der Waals surface area contributed by atoms with Crippen molar-refractivity contribution in [3.05, 3.63) is 59.4 Å². The second-order valence-electron chi connectivity index (χ2n) is 4.65. The van der Waals surface area contributed by atoms with E-state index in [0.29, 0.717) is 6.61 Å².